The zero-order valence-corrected chi connectivity index (χ0v) is 21.7. The summed E-state index contributed by atoms with van der Waals surface area (Å²) < 4.78 is 48.9. The van der Waals surface area contributed by atoms with Crippen LogP contribution in [-0.2, 0) is 17.2 Å². The van der Waals surface area contributed by atoms with E-state index in [0.29, 0.717) is 34.8 Å². The molecule has 192 valence electrons. The number of aromatic amines is 1. The van der Waals surface area contributed by atoms with Gasteiger partial charge in [-0.05, 0) is 43.5 Å². The minimum Gasteiger partial charge on any atom is -0.454 e. The maximum absolute atomic E-state index is 15.2. The van der Waals surface area contributed by atoms with Gasteiger partial charge >= 0.3 is 0 Å². The van der Waals surface area contributed by atoms with E-state index in [1.54, 1.807) is 6.20 Å². The molecule has 6 nitrogen and oxygen atoms in total. The van der Waals surface area contributed by atoms with Gasteiger partial charge in [0.1, 0.15) is 17.4 Å². The molecule has 2 bridgehead atoms. The fourth-order valence-corrected chi connectivity index (χ4v) is 5.55. The van der Waals surface area contributed by atoms with Gasteiger partial charge in [0.2, 0.25) is 0 Å². The number of aromatic nitrogens is 1. The van der Waals surface area contributed by atoms with Gasteiger partial charge in [0.15, 0.2) is 17.4 Å². The smallest absolute Gasteiger partial charge is 0.168 e. The summed E-state index contributed by atoms with van der Waals surface area (Å²) in [6, 6.07) is 7.35. The van der Waals surface area contributed by atoms with Gasteiger partial charge in [0.05, 0.1) is 5.56 Å². The molecule has 0 spiro atoms. The lowest BCUT2D eigenvalue weighted by Crippen LogP contribution is -2.33. The normalized spacial score (nSPS) is 20.8. The van der Waals surface area contributed by atoms with Crippen LogP contribution in [0.1, 0.15) is 50.7 Å². The van der Waals surface area contributed by atoms with Crippen LogP contribution < -0.4 is 10.5 Å². The quantitative estimate of drug-likeness (QED) is 0.393. The van der Waals surface area contributed by atoms with E-state index in [1.807, 2.05) is 19.9 Å². The largest absolute Gasteiger partial charge is 0.454 e. The van der Waals surface area contributed by atoms with Gasteiger partial charge < -0.3 is 15.5 Å². The van der Waals surface area contributed by atoms with Crippen molar-refractivity contribution in [3.05, 3.63) is 59.3 Å². The van der Waals surface area contributed by atoms with Crippen LogP contribution in [0.5, 0.6) is 11.5 Å². The maximum Gasteiger partial charge on any atom is 0.168 e. The number of nitrogens with one attached hydrogen (secondary N) is 1. The molecule has 0 fully saturated rings. The molecule has 3 aromatic rings. The highest BCUT2D eigenvalue weighted by atomic mass is 32.2. The third-order valence-corrected chi connectivity index (χ3v) is 8.05. The van der Waals surface area contributed by atoms with Crippen LogP contribution in [0.15, 0.2) is 46.5 Å². The molecule has 1 aromatic heterocycles. The van der Waals surface area contributed by atoms with Crippen LogP contribution in [0, 0.1) is 17.0 Å². The lowest BCUT2D eigenvalue weighted by Gasteiger charge is -2.24. The van der Waals surface area contributed by atoms with E-state index in [4.69, 9.17) is 10.5 Å². The number of rotatable bonds is 0. The molecule has 2 heterocycles. The monoisotopic (exact) mass is 514 g/mol. The number of aryl methyl sites for hydroxylation is 1. The predicted molar refractivity (Wildman–Crippen MR) is 143 cm³/mol. The van der Waals surface area contributed by atoms with Crippen molar-refractivity contribution in [1.82, 2.24) is 4.98 Å². The maximum atomic E-state index is 15.2. The molecule has 1 unspecified atom stereocenters. The Morgan fingerprint density at radius 3 is 2.69 bits per heavy atom. The molecule has 3 N–H and O–H groups in total. The summed E-state index contributed by atoms with van der Waals surface area (Å²) in [6.07, 6.45) is 5.53. The highest BCUT2D eigenvalue weighted by Gasteiger charge is 2.24. The van der Waals surface area contributed by atoms with Crippen LogP contribution in [0.2, 0.25) is 0 Å². The van der Waals surface area contributed by atoms with Gasteiger partial charge in [-0.25, -0.2) is 13.8 Å². The number of nitrogens with two attached hydrogens (primary N) is 1. The molecule has 0 saturated carbocycles. The van der Waals surface area contributed by atoms with Crippen molar-refractivity contribution in [1.29, 1.82) is 0 Å². The number of halogens is 2. The number of H-pyrrole nitrogens is 1. The second-order valence-corrected chi connectivity index (χ2v) is 11.4. The Morgan fingerprint density at radius 2 is 1.92 bits per heavy atom. The van der Waals surface area contributed by atoms with Crippen molar-refractivity contribution >= 4 is 33.4 Å². The Kier molecular flexibility index (Phi) is 7.88. The molecule has 4 rings (SSSR count). The van der Waals surface area contributed by atoms with E-state index in [1.165, 1.54) is 31.3 Å². The Bertz CT molecular complexity index is 1350. The van der Waals surface area contributed by atoms with E-state index >= 15 is 4.39 Å². The predicted octanol–water partition coefficient (Wildman–Crippen LogP) is 5.86. The van der Waals surface area contributed by atoms with Gasteiger partial charge in [-0.1, -0.05) is 26.7 Å². The summed E-state index contributed by atoms with van der Waals surface area (Å²) in [6.45, 7) is 3.99. The van der Waals surface area contributed by atoms with Gasteiger partial charge in [0, 0.05) is 63.5 Å². The third-order valence-electron chi connectivity index (χ3n) is 6.65. The van der Waals surface area contributed by atoms with Gasteiger partial charge in [-0.3, -0.25) is 9.20 Å². The molecule has 2 aromatic carbocycles. The highest BCUT2D eigenvalue weighted by Crippen LogP contribution is 2.35. The summed E-state index contributed by atoms with van der Waals surface area (Å²) in [5, 5.41) is 0.801. The van der Waals surface area contributed by atoms with Crippen molar-refractivity contribution in [2.24, 2.45) is 21.1 Å². The SMILES string of the molecule is CN=C1N=C(N)C(C)(C)CCCCCS(=O)CCc2c(c(F)cc3[nH]ccc23)Oc2ccc(F)c1c2. The Labute approximate surface area is 212 Å². The summed E-state index contributed by atoms with van der Waals surface area (Å²) in [4.78, 5) is 11.7. The first-order valence-corrected chi connectivity index (χ1v) is 13.6. The molecule has 1 aliphatic heterocycles. The fraction of sp³-hybridized carbons (Fsp3) is 0.407. The number of aliphatic imine (C=N–C) groups is 2. The summed E-state index contributed by atoms with van der Waals surface area (Å²) in [7, 11) is 0.474. The number of amidine groups is 2. The van der Waals surface area contributed by atoms with E-state index in [9.17, 15) is 8.60 Å². The lowest BCUT2D eigenvalue weighted by molar-refractivity contribution is 0.437. The first-order valence-electron chi connectivity index (χ1n) is 12.1. The van der Waals surface area contributed by atoms with E-state index < -0.39 is 27.8 Å². The minimum absolute atomic E-state index is 0.0388. The molecular weight excluding hydrogens is 482 g/mol. The zero-order chi connectivity index (χ0) is 25.9. The first kappa shape index (κ1) is 26.0. The number of benzene rings is 2. The van der Waals surface area contributed by atoms with E-state index in [0.717, 1.165) is 31.1 Å². The van der Waals surface area contributed by atoms with E-state index in [2.05, 4.69) is 15.0 Å². The fourth-order valence-electron chi connectivity index (χ4n) is 4.39. The molecule has 0 saturated heterocycles. The van der Waals surface area contributed by atoms with Crippen LogP contribution in [-0.4, -0.2) is 39.4 Å². The van der Waals surface area contributed by atoms with E-state index in [-0.39, 0.29) is 22.9 Å². The van der Waals surface area contributed by atoms with Crippen LogP contribution >= 0.6 is 0 Å². The number of hydrogen-bond donors (Lipinski definition) is 2. The Hall–Kier alpha value is -3.07. The van der Waals surface area contributed by atoms with Crippen LogP contribution in [0.25, 0.3) is 10.9 Å². The number of hydrogen-bond acceptors (Lipinski definition) is 4. The minimum atomic E-state index is -1.05. The molecular formula is C27H32F2N4O2S. The van der Waals surface area contributed by atoms with Crippen molar-refractivity contribution in [2.75, 3.05) is 18.6 Å². The van der Waals surface area contributed by atoms with Crippen LogP contribution in [0.4, 0.5) is 8.78 Å². The highest BCUT2D eigenvalue weighted by molar-refractivity contribution is 7.84. The first-order chi connectivity index (χ1) is 17.2. The van der Waals surface area contributed by atoms with Crippen molar-refractivity contribution in [3.63, 3.8) is 0 Å². The number of ether oxygens (including phenoxy) is 1. The van der Waals surface area contributed by atoms with Gasteiger partial charge in [-0.15, -0.1) is 0 Å². The summed E-state index contributed by atoms with van der Waals surface area (Å²) in [5.41, 5.74) is 7.30. The summed E-state index contributed by atoms with van der Waals surface area (Å²) >= 11 is 0. The average Bonchev–Trinajstić information content (AvgIpc) is 3.30. The Balaban J connectivity index is 1.82. The topological polar surface area (TPSA) is 92.8 Å². The molecule has 1 aliphatic rings. The standard InChI is InChI=1S/C27H32F2N4O2S/c1-27(2)11-5-4-6-13-36(34)14-10-19-18-9-12-32-23(18)16-22(29)24(19)35-17-7-8-21(28)20(15-17)25(31-3)33-26(27)30/h7-9,12,15-16,32H,4-6,10-11,13-14H2,1-3H3,(H2,30,31,33). The second kappa shape index (κ2) is 10.9. The van der Waals surface area contributed by atoms with Gasteiger partial charge in [0.25, 0.3) is 0 Å². The van der Waals surface area contributed by atoms with Crippen molar-refractivity contribution in [2.45, 2.75) is 46.0 Å². The van der Waals surface area contributed by atoms with Crippen molar-refractivity contribution < 1.29 is 17.7 Å². The molecule has 36 heavy (non-hydrogen) atoms. The Morgan fingerprint density at radius 1 is 1.11 bits per heavy atom. The second-order valence-electron chi connectivity index (χ2n) is 9.69. The average molecular weight is 515 g/mol. The molecule has 0 amide bonds. The molecule has 1 atom stereocenters. The summed E-state index contributed by atoms with van der Waals surface area (Å²) in [5.74, 6) is 0.649. The number of nitrogens with zero attached hydrogens (tertiary/aromatic N) is 2. The molecule has 9 heteroatoms. The van der Waals surface area contributed by atoms with Crippen LogP contribution in [0.3, 0.4) is 0 Å². The van der Waals surface area contributed by atoms with Crippen molar-refractivity contribution in [3.8, 4) is 11.5 Å². The molecule has 0 aliphatic carbocycles. The van der Waals surface area contributed by atoms with Gasteiger partial charge in [-0.2, -0.15) is 0 Å². The molecule has 0 radical (unpaired) electrons. The third kappa shape index (κ3) is 5.67. The number of fused-ring (bicyclic) bond motifs is 5. The zero-order valence-electron chi connectivity index (χ0n) is 20.9. The lowest BCUT2D eigenvalue weighted by atomic mass is 9.85.